The standard InChI is InChI=1S/C15H19N3O2/c19-14-10-16-12-6-2-3-7-13(12)18(14)11-15(20)17-8-4-1-5-9-17/h2-3,6-7,16H,1,4-5,8-11H2. The van der Waals surface area contributed by atoms with E-state index >= 15 is 0 Å². The molecule has 1 saturated heterocycles. The number of hydrogen-bond donors (Lipinski definition) is 1. The Morgan fingerprint density at radius 2 is 1.90 bits per heavy atom. The monoisotopic (exact) mass is 273 g/mol. The fraction of sp³-hybridized carbons (Fsp3) is 0.467. The Balaban J connectivity index is 1.76. The van der Waals surface area contributed by atoms with Crippen LogP contribution in [0.5, 0.6) is 0 Å². The Morgan fingerprint density at radius 3 is 2.70 bits per heavy atom. The molecule has 5 nitrogen and oxygen atoms in total. The van der Waals surface area contributed by atoms with Gasteiger partial charge in [0.25, 0.3) is 0 Å². The second kappa shape index (κ2) is 5.53. The number of hydrogen-bond acceptors (Lipinski definition) is 3. The first-order valence-corrected chi connectivity index (χ1v) is 7.17. The van der Waals surface area contributed by atoms with Crippen LogP contribution in [0.2, 0.25) is 0 Å². The summed E-state index contributed by atoms with van der Waals surface area (Å²) >= 11 is 0. The van der Waals surface area contributed by atoms with Gasteiger partial charge < -0.3 is 10.2 Å². The van der Waals surface area contributed by atoms with Crippen molar-refractivity contribution in [2.75, 3.05) is 36.4 Å². The minimum Gasteiger partial charge on any atom is -0.374 e. The van der Waals surface area contributed by atoms with Gasteiger partial charge in [-0.3, -0.25) is 14.5 Å². The number of fused-ring (bicyclic) bond motifs is 1. The molecule has 1 fully saturated rings. The number of nitrogens with one attached hydrogen (secondary N) is 1. The molecule has 2 heterocycles. The Morgan fingerprint density at radius 1 is 1.15 bits per heavy atom. The minimum absolute atomic E-state index is 0.0472. The maximum absolute atomic E-state index is 12.3. The number of nitrogens with zero attached hydrogens (tertiary/aromatic N) is 2. The van der Waals surface area contributed by atoms with Crippen LogP contribution in [0.25, 0.3) is 0 Å². The van der Waals surface area contributed by atoms with Crippen LogP contribution in [0.1, 0.15) is 19.3 Å². The van der Waals surface area contributed by atoms with E-state index in [4.69, 9.17) is 0 Å². The van der Waals surface area contributed by atoms with Crippen LogP contribution in [0.15, 0.2) is 24.3 Å². The Hall–Kier alpha value is -2.04. The fourth-order valence-electron chi connectivity index (χ4n) is 2.81. The Labute approximate surface area is 118 Å². The number of benzene rings is 1. The highest BCUT2D eigenvalue weighted by atomic mass is 16.2. The number of rotatable bonds is 2. The molecule has 0 unspecified atom stereocenters. The summed E-state index contributed by atoms with van der Waals surface area (Å²) in [7, 11) is 0. The zero-order valence-electron chi connectivity index (χ0n) is 11.5. The Bertz CT molecular complexity index is 524. The van der Waals surface area contributed by atoms with Gasteiger partial charge in [-0.05, 0) is 31.4 Å². The zero-order valence-corrected chi connectivity index (χ0v) is 11.5. The molecule has 0 atom stereocenters. The Kier molecular flexibility index (Phi) is 3.58. The molecule has 2 aliphatic heterocycles. The van der Waals surface area contributed by atoms with Crippen LogP contribution >= 0.6 is 0 Å². The van der Waals surface area contributed by atoms with Crippen molar-refractivity contribution in [2.45, 2.75) is 19.3 Å². The molecule has 1 aromatic carbocycles. The summed E-state index contributed by atoms with van der Waals surface area (Å²) in [5.41, 5.74) is 1.72. The van der Waals surface area contributed by atoms with Gasteiger partial charge in [-0.25, -0.2) is 0 Å². The van der Waals surface area contributed by atoms with E-state index in [0.29, 0.717) is 0 Å². The number of carbonyl (C=O) groups is 2. The van der Waals surface area contributed by atoms with Gasteiger partial charge in [0.1, 0.15) is 6.54 Å². The van der Waals surface area contributed by atoms with E-state index in [0.717, 1.165) is 37.3 Å². The van der Waals surface area contributed by atoms with E-state index < -0.39 is 0 Å². The van der Waals surface area contributed by atoms with Gasteiger partial charge in [-0.2, -0.15) is 0 Å². The van der Waals surface area contributed by atoms with Gasteiger partial charge >= 0.3 is 0 Å². The largest absolute Gasteiger partial charge is 0.374 e. The first-order valence-electron chi connectivity index (χ1n) is 7.17. The molecule has 1 N–H and O–H groups in total. The normalized spacial score (nSPS) is 18.5. The van der Waals surface area contributed by atoms with Crippen LogP contribution in [0.3, 0.4) is 0 Å². The van der Waals surface area contributed by atoms with Gasteiger partial charge in [0.05, 0.1) is 17.9 Å². The quantitative estimate of drug-likeness (QED) is 0.887. The van der Waals surface area contributed by atoms with Crippen molar-refractivity contribution in [3.63, 3.8) is 0 Å². The van der Waals surface area contributed by atoms with E-state index in [-0.39, 0.29) is 24.9 Å². The lowest BCUT2D eigenvalue weighted by molar-refractivity contribution is -0.132. The smallest absolute Gasteiger partial charge is 0.246 e. The van der Waals surface area contributed by atoms with Crippen LogP contribution in [-0.4, -0.2) is 42.9 Å². The van der Waals surface area contributed by atoms with Crippen molar-refractivity contribution in [1.29, 1.82) is 0 Å². The third-order valence-electron chi connectivity index (χ3n) is 3.93. The van der Waals surface area contributed by atoms with Crippen molar-refractivity contribution >= 4 is 23.2 Å². The molecular formula is C15H19N3O2. The summed E-state index contributed by atoms with van der Waals surface area (Å²) in [4.78, 5) is 27.9. The predicted molar refractivity (Wildman–Crippen MR) is 77.7 cm³/mol. The highest BCUT2D eigenvalue weighted by molar-refractivity contribution is 6.05. The van der Waals surface area contributed by atoms with Crippen LogP contribution in [-0.2, 0) is 9.59 Å². The van der Waals surface area contributed by atoms with Gasteiger partial charge in [-0.15, -0.1) is 0 Å². The lowest BCUT2D eigenvalue weighted by Gasteiger charge is -2.33. The molecule has 5 heteroatoms. The first-order chi connectivity index (χ1) is 9.75. The number of para-hydroxylation sites is 2. The van der Waals surface area contributed by atoms with Crippen LogP contribution in [0.4, 0.5) is 11.4 Å². The van der Waals surface area contributed by atoms with Crippen molar-refractivity contribution < 1.29 is 9.59 Å². The molecule has 20 heavy (non-hydrogen) atoms. The van der Waals surface area contributed by atoms with Crippen molar-refractivity contribution in [3.05, 3.63) is 24.3 Å². The molecule has 2 aliphatic rings. The van der Waals surface area contributed by atoms with Gasteiger partial charge in [0.15, 0.2) is 0 Å². The van der Waals surface area contributed by atoms with E-state index in [2.05, 4.69) is 5.32 Å². The van der Waals surface area contributed by atoms with Crippen LogP contribution in [0, 0.1) is 0 Å². The number of anilines is 2. The van der Waals surface area contributed by atoms with Gasteiger partial charge in [-0.1, -0.05) is 12.1 Å². The molecular weight excluding hydrogens is 254 g/mol. The maximum Gasteiger partial charge on any atom is 0.246 e. The van der Waals surface area contributed by atoms with E-state index in [1.807, 2.05) is 29.2 Å². The van der Waals surface area contributed by atoms with E-state index in [9.17, 15) is 9.59 Å². The summed E-state index contributed by atoms with van der Waals surface area (Å²) in [5.74, 6) is 0.00353. The number of likely N-dealkylation sites (tertiary alicyclic amines) is 1. The zero-order chi connectivity index (χ0) is 13.9. The topological polar surface area (TPSA) is 52.7 Å². The third kappa shape index (κ3) is 2.48. The highest BCUT2D eigenvalue weighted by Crippen LogP contribution is 2.28. The van der Waals surface area contributed by atoms with E-state index in [1.165, 1.54) is 6.42 Å². The molecule has 1 aromatic rings. The van der Waals surface area contributed by atoms with E-state index in [1.54, 1.807) is 4.90 Å². The second-order valence-corrected chi connectivity index (χ2v) is 5.29. The lowest BCUT2D eigenvalue weighted by Crippen LogP contribution is -2.48. The molecule has 0 aliphatic carbocycles. The van der Waals surface area contributed by atoms with Gasteiger partial charge in [0, 0.05) is 13.1 Å². The third-order valence-corrected chi connectivity index (χ3v) is 3.93. The van der Waals surface area contributed by atoms with Crippen molar-refractivity contribution in [1.82, 2.24) is 4.90 Å². The highest BCUT2D eigenvalue weighted by Gasteiger charge is 2.27. The molecule has 106 valence electrons. The van der Waals surface area contributed by atoms with Crippen molar-refractivity contribution in [2.24, 2.45) is 0 Å². The molecule has 0 spiro atoms. The molecule has 3 rings (SSSR count). The van der Waals surface area contributed by atoms with Crippen molar-refractivity contribution in [3.8, 4) is 0 Å². The number of piperidine rings is 1. The molecule has 0 radical (unpaired) electrons. The first kappa shape index (κ1) is 13.0. The second-order valence-electron chi connectivity index (χ2n) is 5.29. The molecule has 0 saturated carbocycles. The lowest BCUT2D eigenvalue weighted by atomic mass is 10.1. The fourth-order valence-corrected chi connectivity index (χ4v) is 2.81. The minimum atomic E-state index is -0.0472. The van der Waals surface area contributed by atoms with Gasteiger partial charge in [0.2, 0.25) is 11.8 Å². The SMILES string of the molecule is O=C(CN1C(=O)CNc2ccccc21)N1CCCCC1. The number of amides is 2. The molecule has 0 bridgehead atoms. The maximum atomic E-state index is 12.3. The summed E-state index contributed by atoms with van der Waals surface area (Å²) in [5, 5.41) is 3.08. The molecule has 0 aromatic heterocycles. The average molecular weight is 273 g/mol. The average Bonchev–Trinajstić information content (AvgIpc) is 2.51. The molecule has 2 amide bonds. The van der Waals surface area contributed by atoms with Crippen LogP contribution < -0.4 is 10.2 Å². The predicted octanol–water partition coefficient (Wildman–Crippen LogP) is 1.46. The number of carbonyl (C=O) groups excluding carboxylic acids is 2. The summed E-state index contributed by atoms with van der Waals surface area (Å²) < 4.78 is 0. The summed E-state index contributed by atoms with van der Waals surface area (Å²) in [6.45, 7) is 2.04. The summed E-state index contributed by atoms with van der Waals surface area (Å²) in [6, 6.07) is 7.62. The summed E-state index contributed by atoms with van der Waals surface area (Å²) in [6.07, 6.45) is 3.33.